The molecule has 1 unspecified atom stereocenters. The van der Waals surface area contributed by atoms with Crippen LogP contribution in [0.5, 0.6) is 0 Å². The van der Waals surface area contributed by atoms with Gasteiger partial charge in [0.2, 0.25) is 5.91 Å². The first-order chi connectivity index (χ1) is 7.61. The van der Waals surface area contributed by atoms with Crippen molar-refractivity contribution in [3.8, 4) is 0 Å². The smallest absolute Gasteiger partial charge is 0.263 e. The highest BCUT2D eigenvalue weighted by atomic mass is 32.1. The summed E-state index contributed by atoms with van der Waals surface area (Å²) in [5.74, 6) is -0.181. The van der Waals surface area contributed by atoms with Gasteiger partial charge >= 0.3 is 0 Å². The summed E-state index contributed by atoms with van der Waals surface area (Å²) in [6.45, 7) is 4.28. The second kappa shape index (κ2) is 4.21. The largest absolute Gasteiger partial charge is 0.346 e. The second-order valence-electron chi connectivity index (χ2n) is 3.78. The van der Waals surface area contributed by atoms with Gasteiger partial charge < -0.3 is 10.6 Å². The third-order valence-electron chi connectivity index (χ3n) is 2.61. The number of nitrogens with one attached hydrogen (secondary N) is 2. The van der Waals surface area contributed by atoms with Crippen LogP contribution in [0.25, 0.3) is 0 Å². The lowest BCUT2D eigenvalue weighted by Crippen LogP contribution is -2.19. The molecule has 86 valence electrons. The topological polar surface area (TPSA) is 71.1 Å². The fourth-order valence-corrected chi connectivity index (χ4v) is 2.26. The minimum atomic E-state index is -0.100. The molecule has 0 aromatic carbocycles. The molecule has 0 aliphatic carbocycles. The summed E-state index contributed by atoms with van der Waals surface area (Å²) in [6, 6.07) is 0. The number of amides is 2. The normalized spacial score (nSPS) is 15.5. The van der Waals surface area contributed by atoms with Gasteiger partial charge in [-0.15, -0.1) is 0 Å². The fourth-order valence-electron chi connectivity index (χ4n) is 1.36. The first-order valence-electron chi connectivity index (χ1n) is 5.20. The molecule has 1 atom stereocenters. The Labute approximate surface area is 97.3 Å². The lowest BCUT2D eigenvalue weighted by molar-refractivity contribution is -0.119. The molecule has 2 rings (SSSR count). The molecule has 0 saturated carbocycles. The zero-order valence-electron chi connectivity index (χ0n) is 9.16. The van der Waals surface area contributed by atoms with E-state index in [0.717, 1.165) is 12.1 Å². The third-order valence-corrected chi connectivity index (χ3v) is 3.62. The summed E-state index contributed by atoms with van der Waals surface area (Å²) < 4.78 is 0. The average molecular weight is 239 g/mol. The van der Waals surface area contributed by atoms with Crippen LogP contribution in [-0.2, 0) is 11.3 Å². The van der Waals surface area contributed by atoms with Gasteiger partial charge in [0.15, 0.2) is 5.13 Å². The summed E-state index contributed by atoms with van der Waals surface area (Å²) in [7, 11) is 0. The first kappa shape index (κ1) is 11.1. The average Bonchev–Trinajstić information content (AvgIpc) is 2.80. The van der Waals surface area contributed by atoms with E-state index in [1.54, 1.807) is 0 Å². The van der Waals surface area contributed by atoms with Gasteiger partial charge in [0.05, 0.1) is 12.2 Å². The SMILES string of the molecule is CCC(C)C(=O)Nc1nc2c(s1)C(=O)NC2. The molecule has 2 amide bonds. The molecule has 0 fully saturated rings. The molecular formula is C10H13N3O2S. The zero-order chi connectivity index (χ0) is 11.7. The van der Waals surface area contributed by atoms with E-state index in [4.69, 9.17) is 0 Å². The summed E-state index contributed by atoms with van der Waals surface area (Å²) in [5.41, 5.74) is 0.731. The predicted octanol–water partition coefficient (Wildman–Crippen LogP) is 1.37. The Balaban J connectivity index is 2.09. The predicted molar refractivity (Wildman–Crippen MR) is 61.4 cm³/mol. The maximum atomic E-state index is 11.6. The minimum Gasteiger partial charge on any atom is -0.346 e. The van der Waals surface area contributed by atoms with Gasteiger partial charge in [-0.1, -0.05) is 25.2 Å². The Bertz CT molecular complexity index is 441. The molecule has 0 spiro atoms. The van der Waals surface area contributed by atoms with E-state index in [0.29, 0.717) is 16.6 Å². The van der Waals surface area contributed by atoms with Crippen LogP contribution in [0.2, 0.25) is 0 Å². The highest BCUT2D eigenvalue weighted by molar-refractivity contribution is 7.17. The molecule has 1 aromatic rings. The molecular weight excluding hydrogens is 226 g/mol. The number of fused-ring (bicyclic) bond motifs is 1. The van der Waals surface area contributed by atoms with E-state index < -0.39 is 0 Å². The van der Waals surface area contributed by atoms with Gasteiger partial charge in [0.1, 0.15) is 4.88 Å². The number of rotatable bonds is 3. The van der Waals surface area contributed by atoms with Crippen LogP contribution >= 0.6 is 11.3 Å². The zero-order valence-corrected chi connectivity index (χ0v) is 9.98. The highest BCUT2D eigenvalue weighted by Gasteiger charge is 2.25. The summed E-state index contributed by atoms with van der Waals surface area (Å²) in [4.78, 5) is 27.7. The van der Waals surface area contributed by atoms with E-state index in [1.165, 1.54) is 11.3 Å². The Morgan fingerprint density at radius 1 is 1.69 bits per heavy atom. The lowest BCUT2D eigenvalue weighted by atomic mass is 10.1. The Morgan fingerprint density at radius 3 is 3.06 bits per heavy atom. The van der Waals surface area contributed by atoms with Gasteiger partial charge in [-0.25, -0.2) is 4.98 Å². The standard InChI is InChI=1S/C10H13N3O2S/c1-3-5(2)8(14)13-10-12-6-4-11-9(15)7(6)16-10/h5H,3-4H2,1-2H3,(H,11,15)(H,12,13,14). The van der Waals surface area contributed by atoms with Crippen molar-refractivity contribution in [2.24, 2.45) is 5.92 Å². The molecule has 0 saturated heterocycles. The van der Waals surface area contributed by atoms with E-state index in [1.807, 2.05) is 13.8 Å². The van der Waals surface area contributed by atoms with Gasteiger partial charge in [-0.05, 0) is 6.42 Å². The van der Waals surface area contributed by atoms with Crippen LogP contribution in [-0.4, -0.2) is 16.8 Å². The molecule has 1 aliphatic rings. The van der Waals surface area contributed by atoms with E-state index >= 15 is 0 Å². The molecule has 16 heavy (non-hydrogen) atoms. The van der Waals surface area contributed by atoms with Crippen LogP contribution in [0.3, 0.4) is 0 Å². The molecule has 0 bridgehead atoms. The highest BCUT2D eigenvalue weighted by Crippen LogP contribution is 2.26. The fraction of sp³-hybridized carbons (Fsp3) is 0.500. The third kappa shape index (κ3) is 1.92. The van der Waals surface area contributed by atoms with Crippen LogP contribution in [0.4, 0.5) is 5.13 Å². The molecule has 2 N–H and O–H groups in total. The van der Waals surface area contributed by atoms with Crippen LogP contribution in [0.15, 0.2) is 0 Å². The van der Waals surface area contributed by atoms with Gasteiger partial charge in [-0.3, -0.25) is 9.59 Å². The number of hydrogen-bond acceptors (Lipinski definition) is 4. The van der Waals surface area contributed by atoms with Gasteiger partial charge in [0.25, 0.3) is 5.91 Å². The van der Waals surface area contributed by atoms with Crippen molar-refractivity contribution in [3.63, 3.8) is 0 Å². The van der Waals surface area contributed by atoms with E-state index in [9.17, 15) is 9.59 Å². The quantitative estimate of drug-likeness (QED) is 0.837. The van der Waals surface area contributed by atoms with Gasteiger partial charge in [-0.2, -0.15) is 0 Å². The van der Waals surface area contributed by atoms with Crippen molar-refractivity contribution >= 4 is 28.3 Å². The molecule has 1 aliphatic heterocycles. The Kier molecular flexibility index (Phi) is 2.91. The monoisotopic (exact) mass is 239 g/mol. The van der Waals surface area contributed by atoms with Crippen molar-refractivity contribution < 1.29 is 9.59 Å². The Hall–Kier alpha value is -1.43. The summed E-state index contributed by atoms with van der Waals surface area (Å²) in [5, 5.41) is 5.93. The lowest BCUT2D eigenvalue weighted by Gasteiger charge is -2.06. The molecule has 6 heteroatoms. The minimum absolute atomic E-state index is 0.0347. The number of aromatic nitrogens is 1. The van der Waals surface area contributed by atoms with Crippen LogP contribution in [0.1, 0.15) is 35.6 Å². The Morgan fingerprint density at radius 2 is 2.44 bits per heavy atom. The van der Waals surface area contributed by atoms with E-state index in [-0.39, 0.29) is 17.7 Å². The molecule has 0 radical (unpaired) electrons. The van der Waals surface area contributed by atoms with Crippen molar-refractivity contribution in [2.75, 3.05) is 5.32 Å². The molecule has 1 aromatic heterocycles. The number of hydrogen-bond donors (Lipinski definition) is 2. The maximum Gasteiger partial charge on any atom is 0.263 e. The van der Waals surface area contributed by atoms with Crippen molar-refractivity contribution in [1.82, 2.24) is 10.3 Å². The number of carbonyl (C=O) groups excluding carboxylic acids is 2. The first-order valence-corrected chi connectivity index (χ1v) is 6.02. The van der Waals surface area contributed by atoms with Gasteiger partial charge in [0, 0.05) is 5.92 Å². The van der Waals surface area contributed by atoms with Crippen LogP contribution in [0, 0.1) is 5.92 Å². The van der Waals surface area contributed by atoms with E-state index in [2.05, 4.69) is 15.6 Å². The number of thiazole rings is 1. The van der Waals surface area contributed by atoms with Crippen molar-refractivity contribution in [1.29, 1.82) is 0 Å². The summed E-state index contributed by atoms with van der Waals surface area (Å²) in [6.07, 6.45) is 0.789. The van der Waals surface area contributed by atoms with Crippen molar-refractivity contribution in [3.05, 3.63) is 10.6 Å². The summed E-state index contributed by atoms with van der Waals surface area (Å²) >= 11 is 1.23. The number of nitrogens with zero attached hydrogens (tertiary/aromatic N) is 1. The second-order valence-corrected chi connectivity index (χ2v) is 4.78. The molecule has 5 nitrogen and oxygen atoms in total. The van der Waals surface area contributed by atoms with Crippen molar-refractivity contribution in [2.45, 2.75) is 26.8 Å². The number of carbonyl (C=O) groups is 2. The molecule has 2 heterocycles. The number of anilines is 1. The maximum absolute atomic E-state index is 11.6. The van der Waals surface area contributed by atoms with Crippen LogP contribution < -0.4 is 10.6 Å².